The second kappa shape index (κ2) is 7.05. The second-order valence-corrected chi connectivity index (χ2v) is 6.24. The van der Waals surface area contributed by atoms with E-state index in [-0.39, 0.29) is 18.4 Å². The lowest BCUT2D eigenvalue weighted by atomic mass is 10.0. The Labute approximate surface area is 140 Å². The molecule has 5 nitrogen and oxygen atoms in total. The molecule has 0 bridgehead atoms. The van der Waals surface area contributed by atoms with Crippen molar-refractivity contribution in [2.75, 3.05) is 6.54 Å². The van der Waals surface area contributed by atoms with Crippen molar-refractivity contribution in [3.8, 4) is 0 Å². The molecule has 2 unspecified atom stereocenters. The molecule has 2 atom stereocenters. The molecule has 0 radical (unpaired) electrons. The minimum Gasteiger partial charge on any atom is -0.463 e. The molecule has 0 aliphatic heterocycles. The Morgan fingerprint density at radius 2 is 2.04 bits per heavy atom. The fourth-order valence-corrected chi connectivity index (χ4v) is 2.27. The zero-order valence-corrected chi connectivity index (χ0v) is 14.3. The summed E-state index contributed by atoms with van der Waals surface area (Å²) in [6.07, 6.45) is 0. The van der Waals surface area contributed by atoms with E-state index in [1.54, 1.807) is 52.0 Å². The molecule has 2 aromatic rings. The SMILES string of the molecule is Cc1ccc(C(C)(O)CNC(=O)NC(C)c2ccc(C)c(F)c2)o1. The highest BCUT2D eigenvalue weighted by molar-refractivity contribution is 5.74. The molecule has 3 N–H and O–H groups in total. The lowest BCUT2D eigenvalue weighted by molar-refractivity contribution is 0.0359. The fourth-order valence-electron chi connectivity index (χ4n) is 2.27. The first kappa shape index (κ1) is 18.0. The molecule has 0 fully saturated rings. The number of benzene rings is 1. The van der Waals surface area contributed by atoms with Crippen LogP contribution in [-0.4, -0.2) is 17.7 Å². The number of amides is 2. The van der Waals surface area contributed by atoms with Crippen molar-refractivity contribution in [1.82, 2.24) is 10.6 Å². The normalized spacial score (nSPS) is 14.8. The number of urea groups is 1. The molecule has 24 heavy (non-hydrogen) atoms. The minimum absolute atomic E-state index is 0.0131. The van der Waals surface area contributed by atoms with E-state index in [1.807, 2.05) is 0 Å². The Bertz CT molecular complexity index is 725. The molecule has 0 saturated carbocycles. The Kier molecular flexibility index (Phi) is 5.29. The van der Waals surface area contributed by atoms with Gasteiger partial charge in [-0.25, -0.2) is 9.18 Å². The predicted molar refractivity (Wildman–Crippen MR) is 89.1 cm³/mol. The summed E-state index contributed by atoms with van der Waals surface area (Å²) in [5, 5.41) is 15.7. The van der Waals surface area contributed by atoms with E-state index in [4.69, 9.17) is 4.42 Å². The monoisotopic (exact) mass is 334 g/mol. The Morgan fingerprint density at radius 1 is 1.33 bits per heavy atom. The Hall–Kier alpha value is -2.34. The number of carbonyl (C=O) groups excluding carboxylic acids is 1. The van der Waals surface area contributed by atoms with Gasteiger partial charge in [0, 0.05) is 0 Å². The van der Waals surface area contributed by atoms with Crippen LogP contribution in [0.5, 0.6) is 0 Å². The first-order chi connectivity index (χ1) is 11.2. The van der Waals surface area contributed by atoms with Crippen LogP contribution in [0.1, 0.15) is 42.5 Å². The van der Waals surface area contributed by atoms with Gasteiger partial charge in [0.05, 0.1) is 12.6 Å². The van der Waals surface area contributed by atoms with E-state index in [2.05, 4.69) is 10.6 Å². The molecule has 2 amide bonds. The van der Waals surface area contributed by atoms with Crippen LogP contribution in [0.2, 0.25) is 0 Å². The van der Waals surface area contributed by atoms with Crippen molar-refractivity contribution in [1.29, 1.82) is 0 Å². The average molecular weight is 334 g/mol. The second-order valence-electron chi connectivity index (χ2n) is 6.24. The maximum absolute atomic E-state index is 13.6. The third-order valence-electron chi connectivity index (χ3n) is 3.91. The molecule has 0 aliphatic carbocycles. The number of aliphatic hydroxyl groups is 1. The molecular formula is C18H23FN2O3. The number of carbonyl (C=O) groups is 1. The lowest BCUT2D eigenvalue weighted by Crippen LogP contribution is -2.44. The number of nitrogens with one attached hydrogen (secondary N) is 2. The zero-order valence-electron chi connectivity index (χ0n) is 14.3. The van der Waals surface area contributed by atoms with E-state index >= 15 is 0 Å². The van der Waals surface area contributed by atoms with Crippen molar-refractivity contribution in [2.45, 2.75) is 39.3 Å². The molecule has 130 valence electrons. The van der Waals surface area contributed by atoms with E-state index in [0.717, 1.165) is 0 Å². The van der Waals surface area contributed by atoms with Gasteiger partial charge in [-0.1, -0.05) is 12.1 Å². The number of rotatable bonds is 5. The van der Waals surface area contributed by atoms with Gasteiger partial charge in [-0.3, -0.25) is 0 Å². The summed E-state index contributed by atoms with van der Waals surface area (Å²) in [6.45, 7) is 6.77. The maximum Gasteiger partial charge on any atom is 0.315 e. The fraction of sp³-hybridized carbons (Fsp3) is 0.389. The van der Waals surface area contributed by atoms with Gasteiger partial charge in [0.25, 0.3) is 0 Å². The van der Waals surface area contributed by atoms with Crippen LogP contribution in [0.15, 0.2) is 34.7 Å². The van der Waals surface area contributed by atoms with Gasteiger partial charge in [0.15, 0.2) is 0 Å². The van der Waals surface area contributed by atoms with Crippen LogP contribution < -0.4 is 10.6 Å². The highest BCUT2D eigenvalue weighted by Crippen LogP contribution is 2.22. The predicted octanol–water partition coefficient (Wildman–Crippen LogP) is 3.30. The number of hydrogen-bond acceptors (Lipinski definition) is 3. The summed E-state index contributed by atoms with van der Waals surface area (Å²) < 4.78 is 19.0. The first-order valence-corrected chi connectivity index (χ1v) is 7.79. The summed E-state index contributed by atoms with van der Waals surface area (Å²) in [7, 11) is 0. The van der Waals surface area contributed by atoms with Gasteiger partial charge in [-0.15, -0.1) is 0 Å². The lowest BCUT2D eigenvalue weighted by Gasteiger charge is -2.22. The van der Waals surface area contributed by atoms with E-state index in [9.17, 15) is 14.3 Å². The van der Waals surface area contributed by atoms with Crippen molar-refractivity contribution in [3.63, 3.8) is 0 Å². The summed E-state index contributed by atoms with van der Waals surface area (Å²) in [6, 6.07) is 7.45. The summed E-state index contributed by atoms with van der Waals surface area (Å²) in [4.78, 5) is 12.0. The molecule has 0 spiro atoms. The number of aryl methyl sites for hydroxylation is 2. The number of halogens is 1. The van der Waals surface area contributed by atoms with Gasteiger partial charge in [-0.05, 0) is 57.0 Å². The number of furan rings is 1. The van der Waals surface area contributed by atoms with Crippen molar-refractivity contribution >= 4 is 6.03 Å². The quantitative estimate of drug-likeness (QED) is 0.785. The first-order valence-electron chi connectivity index (χ1n) is 7.79. The molecule has 2 rings (SSSR count). The summed E-state index contributed by atoms with van der Waals surface area (Å²) in [5.41, 5.74) is -0.0907. The van der Waals surface area contributed by atoms with Crippen molar-refractivity contribution in [2.24, 2.45) is 0 Å². The molecule has 1 heterocycles. The van der Waals surface area contributed by atoms with Crippen LogP contribution in [0.25, 0.3) is 0 Å². The summed E-state index contributed by atoms with van der Waals surface area (Å²) in [5.74, 6) is 0.761. The van der Waals surface area contributed by atoms with Gasteiger partial charge < -0.3 is 20.2 Å². The smallest absolute Gasteiger partial charge is 0.315 e. The molecule has 1 aromatic heterocycles. The van der Waals surface area contributed by atoms with Crippen molar-refractivity contribution in [3.05, 3.63) is 58.8 Å². The van der Waals surface area contributed by atoms with Crippen LogP contribution >= 0.6 is 0 Å². The van der Waals surface area contributed by atoms with E-state index < -0.39 is 11.6 Å². The van der Waals surface area contributed by atoms with Gasteiger partial charge in [-0.2, -0.15) is 0 Å². The number of hydrogen-bond donors (Lipinski definition) is 3. The minimum atomic E-state index is -1.31. The van der Waals surface area contributed by atoms with Crippen LogP contribution in [0.3, 0.4) is 0 Å². The highest BCUT2D eigenvalue weighted by atomic mass is 19.1. The largest absolute Gasteiger partial charge is 0.463 e. The van der Waals surface area contributed by atoms with E-state index in [0.29, 0.717) is 22.6 Å². The molecule has 0 saturated heterocycles. The molecular weight excluding hydrogens is 311 g/mol. The van der Waals surface area contributed by atoms with Crippen molar-refractivity contribution < 1.29 is 18.7 Å². The van der Waals surface area contributed by atoms with Crippen LogP contribution in [0, 0.1) is 19.7 Å². The van der Waals surface area contributed by atoms with Gasteiger partial charge in [0.2, 0.25) is 0 Å². The third kappa shape index (κ3) is 4.35. The van der Waals surface area contributed by atoms with E-state index in [1.165, 1.54) is 6.07 Å². The zero-order chi connectivity index (χ0) is 17.9. The molecule has 6 heteroatoms. The molecule has 1 aromatic carbocycles. The standard InChI is InChI=1S/C18H23FN2O3/c1-11-5-7-14(9-15(11)19)13(3)21-17(22)20-10-18(4,23)16-8-6-12(2)24-16/h5-9,13,23H,10H2,1-4H3,(H2,20,21,22). The van der Waals surface area contributed by atoms with Gasteiger partial charge >= 0.3 is 6.03 Å². The highest BCUT2D eigenvalue weighted by Gasteiger charge is 2.27. The topological polar surface area (TPSA) is 74.5 Å². The Morgan fingerprint density at radius 3 is 2.62 bits per heavy atom. The van der Waals surface area contributed by atoms with Crippen LogP contribution in [-0.2, 0) is 5.60 Å². The average Bonchev–Trinajstić information content (AvgIpc) is 2.95. The summed E-state index contributed by atoms with van der Waals surface area (Å²) >= 11 is 0. The van der Waals surface area contributed by atoms with Crippen LogP contribution in [0.4, 0.5) is 9.18 Å². The maximum atomic E-state index is 13.6. The Balaban J connectivity index is 1.91. The molecule has 0 aliphatic rings. The van der Waals surface area contributed by atoms with Gasteiger partial charge in [0.1, 0.15) is 22.9 Å². The third-order valence-corrected chi connectivity index (χ3v) is 3.91.